The molecule has 1 fully saturated rings. The van der Waals surface area contributed by atoms with Gasteiger partial charge in [0.1, 0.15) is 11.6 Å². The van der Waals surface area contributed by atoms with E-state index in [0.717, 1.165) is 0 Å². The van der Waals surface area contributed by atoms with Crippen LogP contribution in [0.1, 0.15) is 18.5 Å². The SMILES string of the molecule is COc1ccc(C2CNC(=O)C(C)N2)c(F)c1. The van der Waals surface area contributed by atoms with Crippen LogP contribution >= 0.6 is 0 Å². The van der Waals surface area contributed by atoms with Crippen LogP contribution in [0.5, 0.6) is 5.75 Å². The zero-order chi connectivity index (χ0) is 12.4. The van der Waals surface area contributed by atoms with Gasteiger partial charge in [0, 0.05) is 18.2 Å². The zero-order valence-electron chi connectivity index (χ0n) is 9.79. The van der Waals surface area contributed by atoms with Gasteiger partial charge in [0.05, 0.1) is 19.2 Å². The van der Waals surface area contributed by atoms with Crippen molar-refractivity contribution in [2.45, 2.75) is 19.0 Å². The highest BCUT2D eigenvalue weighted by atomic mass is 19.1. The van der Waals surface area contributed by atoms with Crippen molar-refractivity contribution in [2.24, 2.45) is 0 Å². The first-order valence-electron chi connectivity index (χ1n) is 5.49. The Kier molecular flexibility index (Phi) is 3.28. The number of piperazine rings is 1. The van der Waals surface area contributed by atoms with E-state index >= 15 is 0 Å². The number of amides is 1. The highest BCUT2D eigenvalue weighted by molar-refractivity contribution is 5.82. The third-order valence-corrected chi connectivity index (χ3v) is 2.91. The van der Waals surface area contributed by atoms with Crippen molar-refractivity contribution in [3.05, 3.63) is 29.6 Å². The second-order valence-corrected chi connectivity index (χ2v) is 4.07. The molecule has 2 rings (SSSR count). The van der Waals surface area contributed by atoms with E-state index in [1.54, 1.807) is 19.1 Å². The summed E-state index contributed by atoms with van der Waals surface area (Å²) in [4.78, 5) is 11.3. The number of benzene rings is 1. The summed E-state index contributed by atoms with van der Waals surface area (Å²) in [6, 6.07) is 4.22. The predicted octanol–water partition coefficient (Wildman–Crippen LogP) is 0.983. The molecule has 0 radical (unpaired) electrons. The first kappa shape index (κ1) is 11.9. The summed E-state index contributed by atoms with van der Waals surface area (Å²) in [7, 11) is 1.50. The van der Waals surface area contributed by atoms with Crippen molar-refractivity contribution in [1.82, 2.24) is 10.6 Å². The van der Waals surface area contributed by atoms with Crippen LogP contribution < -0.4 is 15.4 Å². The lowest BCUT2D eigenvalue weighted by atomic mass is 10.0. The van der Waals surface area contributed by atoms with Crippen LogP contribution in [0.3, 0.4) is 0 Å². The fraction of sp³-hybridized carbons (Fsp3) is 0.417. The fourth-order valence-electron chi connectivity index (χ4n) is 1.91. The normalized spacial score (nSPS) is 24.3. The van der Waals surface area contributed by atoms with E-state index in [9.17, 15) is 9.18 Å². The largest absolute Gasteiger partial charge is 0.497 e. The maximum Gasteiger partial charge on any atom is 0.236 e. The molecular weight excluding hydrogens is 223 g/mol. The molecule has 0 aromatic heterocycles. The molecule has 2 atom stereocenters. The molecule has 0 bridgehead atoms. The third kappa shape index (κ3) is 2.39. The van der Waals surface area contributed by atoms with E-state index in [-0.39, 0.29) is 23.8 Å². The lowest BCUT2D eigenvalue weighted by molar-refractivity contribution is -0.124. The highest BCUT2D eigenvalue weighted by Gasteiger charge is 2.26. The molecule has 1 aliphatic heterocycles. The van der Waals surface area contributed by atoms with Gasteiger partial charge in [0.15, 0.2) is 0 Å². The van der Waals surface area contributed by atoms with Crippen LogP contribution in [0, 0.1) is 5.82 Å². The van der Waals surface area contributed by atoms with Gasteiger partial charge >= 0.3 is 0 Å². The highest BCUT2D eigenvalue weighted by Crippen LogP contribution is 2.23. The Morgan fingerprint density at radius 3 is 2.82 bits per heavy atom. The van der Waals surface area contributed by atoms with Gasteiger partial charge < -0.3 is 10.1 Å². The minimum atomic E-state index is -0.329. The van der Waals surface area contributed by atoms with E-state index in [1.807, 2.05) is 0 Å². The standard InChI is InChI=1S/C12H15FN2O2/c1-7-12(16)14-6-11(15-7)9-4-3-8(17-2)5-10(9)13/h3-5,7,11,15H,6H2,1-2H3,(H,14,16). The van der Waals surface area contributed by atoms with E-state index in [2.05, 4.69) is 10.6 Å². The van der Waals surface area contributed by atoms with Crippen molar-refractivity contribution in [2.75, 3.05) is 13.7 Å². The molecule has 0 aliphatic carbocycles. The topological polar surface area (TPSA) is 50.4 Å². The van der Waals surface area contributed by atoms with Crippen LogP contribution in [0.4, 0.5) is 4.39 Å². The number of rotatable bonds is 2. The summed E-state index contributed by atoms with van der Waals surface area (Å²) in [5.74, 6) is 0.0968. The molecule has 0 saturated carbocycles. The molecule has 92 valence electrons. The second kappa shape index (κ2) is 4.71. The van der Waals surface area contributed by atoms with Gasteiger partial charge in [-0.25, -0.2) is 4.39 Å². The van der Waals surface area contributed by atoms with E-state index in [4.69, 9.17) is 4.74 Å². The number of ether oxygens (including phenoxy) is 1. The Labute approximate surface area is 99.2 Å². The number of halogens is 1. The van der Waals surface area contributed by atoms with Crippen molar-refractivity contribution in [3.8, 4) is 5.75 Å². The summed E-state index contributed by atoms with van der Waals surface area (Å²) >= 11 is 0. The molecule has 1 saturated heterocycles. The summed E-state index contributed by atoms with van der Waals surface area (Å²) < 4.78 is 18.8. The van der Waals surface area contributed by atoms with Gasteiger partial charge in [-0.15, -0.1) is 0 Å². The maximum atomic E-state index is 13.8. The van der Waals surface area contributed by atoms with Crippen LogP contribution in [0.2, 0.25) is 0 Å². The number of carbonyl (C=O) groups is 1. The van der Waals surface area contributed by atoms with Crippen LogP contribution in [0.15, 0.2) is 18.2 Å². The maximum absolute atomic E-state index is 13.8. The van der Waals surface area contributed by atoms with Crippen molar-refractivity contribution in [3.63, 3.8) is 0 Å². The minimum absolute atomic E-state index is 0.0600. The van der Waals surface area contributed by atoms with E-state index < -0.39 is 0 Å². The Hall–Kier alpha value is -1.62. The average Bonchev–Trinajstić information content (AvgIpc) is 2.32. The Balaban J connectivity index is 2.20. The molecule has 1 heterocycles. The molecule has 4 nitrogen and oxygen atoms in total. The van der Waals surface area contributed by atoms with Crippen molar-refractivity contribution in [1.29, 1.82) is 0 Å². The Bertz CT molecular complexity index is 437. The Morgan fingerprint density at radius 2 is 2.24 bits per heavy atom. The fourth-order valence-corrected chi connectivity index (χ4v) is 1.91. The number of methoxy groups -OCH3 is 1. The number of hydrogen-bond donors (Lipinski definition) is 2. The van der Waals surface area contributed by atoms with E-state index in [1.165, 1.54) is 13.2 Å². The monoisotopic (exact) mass is 238 g/mol. The quantitative estimate of drug-likeness (QED) is 0.807. The summed E-state index contributed by atoms with van der Waals surface area (Å²) in [6.07, 6.45) is 0. The van der Waals surface area contributed by atoms with Gasteiger partial charge in [0.2, 0.25) is 5.91 Å². The molecule has 0 spiro atoms. The molecule has 2 N–H and O–H groups in total. The first-order valence-corrected chi connectivity index (χ1v) is 5.49. The van der Waals surface area contributed by atoms with Crippen LogP contribution in [0.25, 0.3) is 0 Å². The van der Waals surface area contributed by atoms with Crippen LogP contribution in [-0.4, -0.2) is 25.6 Å². The van der Waals surface area contributed by atoms with Crippen molar-refractivity contribution < 1.29 is 13.9 Å². The predicted molar refractivity (Wildman–Crippen MR) is 61.3 cm³/mol. The molecular formula is C12H15FN2O2. The zero-order valence-corrected chi connectivity index (χ0v) is 9.79. The molecule has 1 aromatic carbocycles. The summed E-state index contributed by atoms with van der Waals surface area (Å²) in [6.45, 7) is 2.15. The van der Waals surface area contributed by atoms with Gasteiger partial charge in [-0.2, -0.15) is 0 Å². The number of hydrogen-bond acceptors (Lipinski definition) is 3. The second-order valence-electron chi connectivity index (χ2n) is 4.07. The average molecular weight is 238 g/mol. The van der Waals surface area contributed by atoms with Gasteiger partial charge in [-0.3, -0.25) is 10.1 Å². The Morgan fingerprint density at radius 1 is 1.47 bits per heavy atom. The molecule has 1 amide bonds. The van der Waals surface area contributed by atoms with Crippen LogP contribution in [-0.2, 0) is 4.79 Å². The molecule has 17 heavy (non-hydrogen) atoms. The van der Waals surface area contributed by atoms with Gasteiger partial charge in [0.25, 0.3) is 0 Å². The third-order valence-electron chi connectivity index (χ3n) is 2.91. The number of nitrogens with one attached hydrogen (secondary N) is 2. The van der Waals surface area contributed by atoms with Crippen molar-refractivity contribution >= 4 is 5.91 Å². The molecule has 5 heteroatoms. The molecule has 1 aliphatic rings. The molecule has 2 unspecified atom stereocenters. The smallest absolute Gasteiger partial charge is 0.236 e. The van der Waals surface area contributed by atoms with Gasteiger partial charge in [-0.1, -0.05) is 6.07 Å². The van der Waals surface area contributed by atoms with Gasteiger partial charge in [-0.05, 0) is 13.0 Å². The lowest BCUT2D eigenvalue weighted by Crippen LogP contribution is -2.53. The first-order chi connectivity index (χ1) is 8.11. The summed E-state index contributed by atoms with van der Waals surface area (Å²) in [5, 5.41) is 5.80. The van der Waals surface area contributed by atoms with E-state index in [0.29, 0.717) is 17.9 Å². The number of carbonyl (C=O) groups excluding carboxylic acids is 1. The lowest BCUT2D eigenvalue weighted by Gasteiger charge is -2.29. The minimum Gasteiger partial charge on any atom is -0.497 e. The summed E-state index contributed by atoms with van der Waals surface area (Å²) in [5.41, 5.74) is 0.539. The molecule has 1 aromatic rings.